The van der Waals surface area contributed by atoms with Gasteiger partial charge in [0.05, 0.1) is 11.6 Å². The molecule has 3 rings (SSSR count). The van der Waals surface area contributed by atoms with Gasteiger partial charge in [0.2, 0.25) is 5.91 Å². The van der Waals surface area contributed by atoms with Gasteiger partial charge >= 0.3 is 0 Å². The molecule has 0 aromatic heterocycles. The molecule has 0 bridgehead atoms. The molecule has 2 aromatic rings. The van der Waals surface area contributed by atoms with E-state index in [9.17, 15) is 4.79 Å². The van der Waals surface area contributed by atoms with Crippen molar-refractivity contribution in [3.63, 3.8) is 0 Å². The number of nitrogens with one attached hydrogen (secondary N) is 1. The van der Waals surface area contributed by atoms with Gasteiger partial charge in [-0.2, -0.15) is 0 Å². The van der Waals surface area contributed by atoms with E-state index in [4.69, 9.17) is 16.3 Å². The van der Waals surface area contributed by atoms with Gasteiger partial charge in [-0.05, 0) is 58.2 Å². The highest BCUT2D eigenvalue weighted by atomic mass is 79.9. The summed E-state index contributed by atoms with van der Waals surface area (Å²) in [6.45, 7) is 0.380. The van der Waals surface area contributed by atoms with Crippen molar-refractivity contribution in [3.05, 3.63) is 57.5 Å². The van der Waals surface area contributed by atoms with E-state index in [-0.39, 0.29) is 11.8 Å². The molecule has 0 spiro atoms. The van der Waals surface area contributed by atoms with E-state index >= 15 is 0 Å². The molecule has 5 heteroatoms. The maximum absolute atomic E-state index is 12.4. The Morgan fingerprint density at radius 1 is 1.29 bits per heavy atom. The molecule has 1 heterocycles. The summed E-state index contributed by atoms with van der Waals surface area (Å²) in [5.41, 5.74) is 1.74. The van der Waals surface area contributed by atoms with Crippen LogP contribution >= 0.6 is 27.5 Å². The number of carbonyl (C=O) groups is 1. The zero-order chi connectivity index (χ0) is 14.8. The van der Waals surface area contributed by atoms with Gasteiger partial charge in [-0.25, -0.2) is 0 Å². The minimum absolute atomic E-state index is 0.0486. The van der Waals surface area contributed by atoms with Crippen LogP contribution in [0.4, 0.5) is 5.69 Å². The lowest BCUT2D eigenvalue weighted by molar-refractivity contribution is -0.121. The minimum Gasteiger partial charge on any atom is -0.492 e. The fourth-order valence-electron chi connectivity index (χ4n) is 2.33. The first-order valence-corrected chi connectivity index (χ1v) is 7.77. The van der Waals surface area contributed by atoms with Crippen molar-refractivity contribution >= 4 is 39.1 Å². The van der Waals surface area contributed by atoms with Gasteiger partial charge in [-0.15, -0.1) is 0 Å². The predicted molar refractivity (Wildman–Crippen MR) is 86.9 cm³/mol. The van der Waals surface area contributed by atoms with Crippen molar-refractivity contribution in [3.8, 4) is 5.75 Å². The van der Waals surface area contributed by atoms with E-state index in [0.29, 0.717) is 18.1 Å². The summed E-state index contributed by atoms with van der Waals surface area (Å²) in [4.78, 5) is 12.4. The van der Waals surface area contributed by atoms with Crippen LogP contribution in [0, 0.1) is 5.92 Å². The lowest BCUT2D eigenvalue weighted by Crippen LogP contribution is -2.32. The highest BCUT2D eigenvalue weighted by Gasteiger charge is 2.26. The van der Waals surface area contributed by atoms with Crippen LogP contribution in [-0.4, -0.2) is 12.5 Å². The third-order valence-corrected chi connectivity index (χ3v) is 4.36. The van der Waals surface area contributed by atoms with Crippen LogP contribution in [0.3, 0.4) is 0 Å². The van der Waals surface area contributed by atoms with Crippen molar-refractivity contribution in [2.24, 2.45) is 5.92 Å². The molecule has 0 saturated carbocycles. The molecule has 1 N–H and O–H groups in total. The second-order valence-corrected chi connectivity index (χ2v) is 6.22. The van der Waals surface area contributed by atoms with Crippen LogP contribution in [0.5, 0.6) is 5.75 Å². The number of halogens is 2. The molecule has 0 fully saturated rings. The number of para-hydroxylation sites is 1. The van der Waals surface area contributed by atoms with Crippen LogP contribution in [-0.2, 0) is 11.2 Å². The highest BCUT2D eigenvalue weighted by molar-refractivity contribution is 9.10. The second kappa shape index (κ2) is 6.08. The number of anilines is 1. The summed E-state index contributed by atoms with van der Waals surface area (Å²) in [7, 11) is 0. The van der Waals surface area contributed by atoms with Gasteiger partial charge in [0.25, 0.3) is 0 Å². The Morgan fingerprint density at radius 2 is 2.10 bits per heavy atom. The van der Waals surface area contributed by atoms with E-state index in [1.54, 1.807) is 6.07 Å². The molecule has 1 aliphatic rings. The number of benzene rings is 2. The Labute approximate surface area is 136 Å². The average molecular weight is 367 g/mol. The van der Waals surface area contributed by atoms with Gasteiger partial charge < -0.3 is 10.1 Å². The lowest BCUT2D eigenvalue weighted by atomic mass is 9.96. The van der Waals surface area contributed by atoms with E-state index in [1.165, 1.54) is 0 Å². The van der Waals surface area contributed by atoms with Crippen LogP contribution < -0.4 is 10.1 Å². The first kappa shape index (κ1) is 14.4. The third-order valence-electron chi connectivity index (χ3n) is 3.43. The molecule has 2 aromatic carbocycles. The van der Waals surface area contributed by atoms with Gasteiger partial charge in [0.1, 0.15) is 12.4 Å². The largest absolute Gasteiger partial charge is 0.492 e. The average Bonchev–Trinajstić information content (AvgIpc) is 2.48. The standard InChI is InChI=1S/C16H13BrClNO2/c17-13-3-1-2-4-14(13)19-16(20)11-7-10-8-12(18)5-6-15(10)21-9-11/h1-6,8,11H,7,9H2,(H,19,20). The summed E-state index contributed by atoms with van der Waals surface area (Å²) >= 11 is 9.41. The summed E-state index contributed by atoms with van der Waals surface area (Å²) in [6, 6.07) is 13.0. The molecular formula is C16H13BrClNO2. The van der Waals surface area contributed by atoms with Crippen molar-refractivity contribution in [1.82, 2.24) is 0 Å². The molecule has 1 aliphatic heterocycles. The Hall–Kier alpha value is -1.52. The third kappa shape index (κ3) is 3.22. The molecule has 21 heavy (non-hydrogen) atoms. The Bertz CT molecular complexity index is 690. The molecule has 0 radical (unpaired) electrons. The number of fused-ring (bicyclic) bond motifs is 1. The zero-order valence-corrected chi connectivity index (χ0v) is 13.4. The van der Waals surface area contributed by atoms with Crippen molar-refractivity contribution in [1.29, 1.82) is 0 Å². The fourth-order valence-corrected chi connectivity index (χ4v) is 2.91. The van der Waals surface area contributed by atoms with Gasteiger partial charge in [-0.1, -0.05) is 23.7 Å². The SMILES string of the molecule is O=C(Nc1ccccc1Br)C1COc2ccc(Cl)cc2C1. The molecule has 1 unspecified atom stereocenters. The first-order chi connectivity index (χ1) is 10.1. The van der Waals surface area contributed by atoms with Crippen LogP contribution in [0.25, 0.3) is 0 Å². The van der Waals surface area contributed by atoms with E-state index < -0.39 is 0 Å². The van der Waals surface area contributed by atoms with Crippen molar-refractivity contribution in [2.45, 2.75) is 6.42 Å². The second-order valence-electron chi connectivity index (χ2n) is 4.93. The smallest absolute Gasteiger partial charge is 0.231 e. The monoisotopic (exact) mass is 365 g/mol. The van der Waals surface area contributed by atoms with Gasteiger partial charge in [0, 0.05) is 9.50 Å². The maximum atomic E-state index is 12.4. The number of amides is 1. The number of hydrogen-bond acceptors (Lipinski definition) is 2. The minimum atomic E-state index is -0.219. The number of hydrogen-bond donors (Lipinski definition) is 1. The molecule has 0 saturated heterocycles. The molecule has 0 aliphatic carbocycles. The van der Waals surface area contributed by atoms with E-state index in [2.05, 4.69) is 21.2 Å². The molecular weight excluding hydrogens is 354 g/mol. The first-order valence-electron chi connectivity index (χ1n) is 6.60. The number of rotatable bonds is 2. The van der Waals surface area contributed by atoms with Gasteiger partial charge in [-0.3, -0.25) is 4.79 Å². The highest BCUT2D eigenvalue weighted by Crippen LogP contribution is 2.30. The fraction of sp³-hybridized carbons (Fsp3) is 0.188. The molecule has 3 nitrogen and oxygen atoms in total. The lowest BCUT2D eigenvalue weighted by Gasteiger charge is -2.25. The maximum Gasteiger partial charge on any atom is 0.231 e. The summed E-state index contributed by atoms with van der Waals surface area (Å²) in [5, 5.41) is 3.58. The predicted octanol–water partition coefficient (Wildman–Crippen LogP) is 4.29. The topological polar surface area (TPSA) is 38.3 Å². The number of ether oxygens (including phenoxy) is 1. The van der Waals surface area contributed by atoms with Gasteiger partial charge in [0.15, 0.2) is 0 Å². The summed E-state index contributed by atoms with van der Waals surface area (Å²) in [6.07, 6.45) is 0.631. The molecule has 108 valence electrons. The van der Waals surface area contributed by atoms with E-state index in [1.807, 2.05) is 36.4 Å². The Morgan fingerprint density at radius 3 is 2.90 bits per heavy atom. The van der Waals surface area contributed by atoms with Crippen LogP contribution in [0.15, 0.2) is 46.9 Å². The summed E-state index contributed by atoms with van der Waals surface area (Å²) in [5.74, 6) is 0.542. The zero-order valence-electron chi connectivity index (χ0n) is 11.1. The summed E-state index contributed by atoms with van der Waals surface area (Å²) < 4.78 is 6.51. The Balaban J connectivity index is 1.74. The molecule has 1 amide bonds. The van der Waals surface area contributed by atoms with Crippen LogP contribution in [0.1, 0.15) is 5.56 Å². The van der Waals surface area contributed by atoms with Crippen molar-refractivity contribution < 1.29 is 9.53 Å². The van der Waals surface area contributed by atoms with Crippen LogP contribution in [0.2, 0.25) is 5.02 Å². The van der Waals surface area contributed by atoms with E-state index in [0.717, 1.165) is 21.5 Å². The van der Waals surface area contributed by atoms with Crippen molar-refractivity contribution in [2.75, 3.05) is 11.9 Å². The normalized spacial score (nSPS) is 16.8. The number of carbonyl (C=O) groups excluding carboxylic acids is 1. The Kier molecular flexibility index (Phi) is 4.17. The molecule has 1 atom stereocenters. The quantitative estimate of drug-likeness (QED) is 0.861.